The molecule has 0 fully saturated rings. The maximum atomic E-state index is 11.9. The minimum atomic E-state index is -0.225. The fourth-order valence-corrected chi connectivity index (χ4v) is 2.12. The van der Waals surface area contributed by atoms with E-state index in [0.29, 0.717) is 13.2 Å². The fraction of sp³-hybridized carbons (Fsp3) is 0.278. The van der Waals surface area contributed by atoms with Gasteiger partial charge in [-0.25, -0.2) is 4.79 Å². The Morgan fingerprint density at radius 1 is 1.09 bits per heavy atom. The average molecular weight is 314 g/mol. The van der Waals surface area contributed by atoms with Crippen LogP contribution in [0.5, 0.6) is 11.5 Å². The van der Waals surface area contributed by atoms with Gasteiger partial charge in [-0.15, -0.1) is 0 Å². The van der Waals surface area contributed by atoms with Crippen molar-refractivity contribution in [2.75, 3.05) is 25.6 Å². The Bertz CT molecular complexity index is 626. The van der Waals surface area contributed by atoms with E-state index in [1.165, 1.54) is 0 Å². The molecule has 0 atom stereocenters. The predicted octanol–water partition coefficient (Wildman–Crippen LogP) is 3.46. The average Bonchev–Trinajstić information content (AvgIpc) is 2.57. The monoisotopic (exact) mass is 314 g/mol. The van der Waals surface area contributed by atoms with Crippen LogP contribution < -0.4 is 20.1 Å². The summed E-state index contributed by atoms with van der Waals surface area (Å²) >= 11 is 0. The van der Waals surface area contributed by atoms with Crippen molar-refractivity contribution in [3.8, 4) is 11.5 Å². The molecule has 2 aromatic rings. The van der Waals surface area contributed by atoms with Gasteiger partial charge in [-0.1, -0.05) is 12.1 Å². The molecule has 5 heteroatoms. The van der Waals surface area contributed by atoms with Crippen molar-refractivity contribution in [3.63, 3.8) is 0 Å². The number of nitrogens with one attached hydrogen (secondary N) is 2. The van der Waals surface area contributed by atoms with Gasteiger partial charge in [-0.3, -0.25) is 0 Å². The molecule has 23 heavy (non-hydrogen) atoms. The van der Waals surface area contributed by atoms with Gasteiger partial charge in [0.15, 0.2) is 0 Å². The first-order chi connectivity index (χ1) is 11.2. The summed E-state index contributed by atoms with van der Waals surface area (Å²) in [7, 11) is 1.64. The lowest BCUT2D eigenvalue weighted by Gasteiger charge is -2.09. The molecular weight excluding hydrogens is 292 g/mol. The van der Waals surface area contributed by atoms with Gasteiger partial charge in [0.2, 0.25) is 0 Å². The van der Waals surface area contributed by atoms with E-state index in [-0.39, 0.29) is 6.03 Å². The van der Waals surface area contributed by atoms with E-state index in [9.17, 15) is 4.79 Å². The second-order valence-corrected chi connectivity index (χ2v) is 4.94. The predicted molar refractivity (Wildman–Crippen MR) is 91.3 cm³/mol. The molecule has 0 aromatic heterocycles. The van der Waals surface area contributed by atoms with Crippen LogP contribution in [0.15, 0.2) is 48.5 Å². The van der Waals surface area contributed by atoms with Crippen LogP contribution in [-0.4, -0.2) is 26.3 Å². The third-order valence-corrected chi connectivity index (χ3v) is 3.26. The highest BCUT2D eigenvalue weighted by Crippen LogP contribution is 2.15. The summed E-state index contributed by atoms with van der Waals surface area (Å²) in [6.45, 7) is 3.11. The first-order valence-electron chi connectivity index (χ1n) is 7.62. The standard InChI is InChI=1S/C18H22N2O3/c1-3-23-16-9-7-15(8-10-16)20-18(21)19-12-11-14-5-4-6-17(13-14)22-2/h4-10,13H,3,11-12H2,1-2H3,(H2,19,20,21). The Hall–Kier alpha value is -2.69. The van der Waals surface area contributed by atoms with Crippen molar-refractivity contribution in [1.29, 1.82) is 0 Å². The normalized spacial score (nSPS) is 10.0. The van der Waals surface area contributed by atoms with Gasteiger partial charge in [-0.05, 0) is 55.3 Å². The summed E-state index contributed by atoms with van der Waals surface area (Å²) in [4.78, 5) is 11.9. The number of carbonyl (C=O) groups is 1. The molecule has 0 aliphatic heterocycles. The highest BCUT2D eigenvalue weighted by molar-refractivity contribution is 5.89. The maximum Gasteiger partial charge on any atom is 0.319 e. The molecule has 0 radical (unpaired) electrons. The molecule has 0 unspecified atom stereocenters. The lowest BCUT2D eigenvalue weighted by molar-refractivity contribution is 0.252. The molecule has 0 heterocycles. The van der Waals surface area contributed by atoms with Crippen LogP contribution in [0.25, 0.3) is 0 Å². The topological polar surface area (TPSA) is 59.6 Å². The van der Waals surface area contributed by atoms with Gasteiger partial charge < -0.3 is 20.1 Å². The minimum Gasteiger partial charge on any atom is -0.497 e. The maximum absolute atomic E-state index is 11.9. The number of methoxy groups -OCH3 is 1. The molecule has 0 saturated carbocycles. The Balaban J connectivity index is 1.76. The number of hydrogen-bond acceptors (Lipinski definition) is 3. The largest absolute Gasteiger partial charge is 0.497 e. The summed E-state index contributed by atoms with van der Waals surface area (Å²) < 4.78 is 10.5. The van der Waals surface area contributed by atoms with Crippen LogP contribution in [-0.2, 0) is 6.42 Å². The van der Waals surface area contributed by atoms with Gasteiger partial charge in [0.05, 0.1) is 13.7 Å². The number of amides is 2. The Morgan fingerprint density at radius 3 is 2.57 bits per heavy atom. The Labute approximate surface area is 136 Å². The zero-order valence-corrected chi connectivity index (χ0v) is 13.5. The summed E-state index contributed by atoms with van der Waals surface area (Å²) in [5.74, 6) is 1.61. The highest BCUT2D eigenvalue weighted by atomic mass is 16.5. The quantitative estimate of drug-likeness (QED) is 0.823. The summed E-state index contributed by atoms with van der Waals surface area (Å²) in [5, 5.41) is 5.62. The number of carbonyl (C=O) groups excluding carboxylic acids is 1. The first kappa shape index (κ1) is 16.7. The smallest absolute Gasteiger partial charge is 0.319 e. The van der Waals surface area contributed by atoms with Crippen molar-refractivity contribution in [2.45, 2.75) is 13.3 Å². The molecule has 2 amide bonds. The molecular formula is C18H22N2O3. The van der Waals surface area contributed by atoms with E-state index in [4.69, 9.17) is 9.47 Å². The number of urea groups is 1. The van der Waals surface area contributed by atoms with Crippen LogP contribution in [0.4, 0.5) is 10.5 Å². The highest BCUT2D eigenvalue weighted by Gasteiger charge is 2.02. The zero-order chi connectivity index (χ0) is 16.5. The van der Waals surface area contributed by atoms with Crippen LogP contribution in [0.2, 0.25) is 0 Å². The second-order valence-electron chi connectivity index (χ2n) is 4.94. The van der Waals surface area contributed by atoms with Gasteiger partial charge in [0.25, 0.3) is 0 Å². The van der Waals surface area contributed by atoms with E-state index >= 15 is 0 Å². The molecule has 2 rings (SSSR count). The van der Waals surface area contributed by atoms with Crippen molar-refractivity contribution < 1.29 is 14.3 Å². The number of benzene rings is 2. The van der Waals surface area contributed by atoms with Crippen molar-refractivity contribution in [2.24, 2.45) is 0 Å². The van der Waals surface area contributed by atoms with Crippen LogP contribution in [0.3, 0.4) is 0 Å². The van der Waals surface area contributed by atoms with Gasteiger partial charge in [-0.2, -0.15) is 0 Å². The Morgan fingerprint density at radius 2 is 1.87 bits per heavy atom. The van der Waals surface area contributed by atoms with Crippen molar-refractivity contribution in [1.82, 2.24) is 5.32 Å². The van der Waals surface area contributed by atoms with Crippen LogP contribution in [0, 0.1) is 0 Å². The van der Waals surface area contributed by atoms with Crippen LogP contribution >= 0.6 is 0 Å². The first-order valence-corrected chi connectivity index (χ1v) is 7.62. The van der Waals surface area contributed by atoms with E-state index in [0.717, 1.165) is 29.2 Å². The number of ether oxygens (including phenoxy) is 2. The zero-order valence-electron chi connectivity index (χ0n) is 13.5. The number of anilines is 1. The molecule has 0 aliphatic carbocycles. The van der Waals surface area contributed by atoms with E-state index < -0.39 is 0 Å². The molecule has 5 nitrogen and oxygen atoms in total. The molecule has 122 valence electrons. The third kappa shape index (κ3) is 5.54. The SMILES string of the molecule is CCOc1ccc(NC(=O)NCCc2cccc(OC)c2)cc1. The van der Waals surface area contributed by atoms with E-state index in [1.807, 2.05) is 55.5 Å². The Kier molecular flexibility index (Phi) is 6.29. The van der Waals surface area contributed by atoms with E-state index in [1.54, 1.807) is 7.11 Å². The summed E-state index contributed by atoms with van der Waals surface area (Å²) in [6.07, 6.45) is 0.744. The summed E-state index contributed by atoms with van der Waals surface area (Å²) in [6, 6.07) is 14.9. The minimum absolute atomic E-state index is 0.225. The third-order valence-electron chi connectivity index (χ3n) is 3.26. The van der Waals surface area contributed by atoms with Crippen LogP contribution in [0.1, 0.15) is 12.5 Å². The molecule has 0 aliphatic rings. The number of hydrogen-bond donors (Lipinski definition) is 2. The molecule has 0 bridgehead atoms. The fourth-order valence-electron chi connectivity index (χ4n) is 2.12. The lowest BCUT2D eigenvalue weighted by Crippen LogP contribution is -2.30. The summed E-state index contributed by atoms with van der Waals surface area (Å²) in [5.41, 5.74) is 1.85. The van der Waals surface area contributed by atoms with E-state index in [2.05, 4.69) is 10.6 Å². The molecule has 2 aromatic carbocycles. The lowest BCUT2D eigenvalue weighted by atomic mass is 10.1. The van der Waals surface area contributed by atoms with Gasteiger partial charge in [0.1, 0.15) is 11.5 Å². The number of rotatable bonds is 7. The van der Waals surface area contributed by atoms with Crippen molar-refractivity contribution in [3.05, 3.63) is 54.1 Å². The van der Waals surface area contributed by atoms with Gasteiger partial charge >= 0.3 is 6.03 Å². The van der Waals surface area contributed by atoms with Crippen molar-refractivity contribution >= 4 is 11.7 Å². The molecule has 0 saturated heterocycles. The molecule has 0 spiro atoms. The van der Waals surface area contributed by atoms with Gasteiger partial charge in [0, 0.05) is 12.2 Å². The molecule has 2 N–H and O–H groups in total. The second kappa shape index (κ2) is 8.68.